The molecular weight excluding hydrogens is 398 g/mol. The van der Waals surface area contributed by atoms with Crippen LogP contribution in [0, 0.1) is 16.7 Å². The van der Waals surface area contributed by atoms with Crippen LogP contribution in [0.25, 0.3) is 0 Å². The highest BCUT2D eigenvalue weighted by Gasteiger charge is 2.49. The molecule has 1 saturated heterocycles. The summed E-state index contributed by atoms with van der Waals surface area (Å²) >= 11 is 0. The first-order valence-corrected chi connectivity index (χ1v) is 10.4. The molecule has 0 unspecified atom stereocenters. The molecule has 1 N–H and O–H groups in total. The second-order valence-corrected chi connectivity index (χ2v) is 8.88. The molecule has 0 saturated carbocycles. The molecule has 1 amide bonds. The van der Waals surface area contributed by atoms with E-state index < -0.39 is 22.9 Å². The standard InChI is InChI=1S/C24H28F2N4O/c1-22(2,20-6-4-5-14-28-20)30-15-13-24(17-30,21(31)29-23(3,25)26)12-11-18-7-9-19(16-27)10-8-18/h4-10,14H,11-13,15,17H2,1-3H3,(H,29,31)/t24-/m1/s1. The van der Waals surface area contributed by atoms with Gasteiger partial charge in [-0.15, -0.1) is 0 Å². The molecule has 1 fully saturated rings. The Balaban J connectivity index is 1.83. The highest BCUT2D eigenvalue weighted by atomic mass is 19.3. The van der Waals surface area contributed by atoms with E-state index >= 15 is 0 Å². The van der Waals surface area contributed by atoms with E-state index in [0.29, 0.717) is 44.8 Å². The molecule has 1 aliphatic rings. The van der Waals surface area contributed by atoms with E-state index in [1.807, 2.05) is 49.5 Å². The monoisotopic (exact) mass is 426 g/mol. The van der Waals surface area contributed by atoms with Crippen LogP contribution in [-0.2, 0) is 16.8 Å². The van der Waals surface area contributed by atoms with Crippen molar-refractivity contribution in [2.24, 2.45) is 5.41 Å². The number of nitrogens with one attached hydrogen (secondary N) is 1. The number of amides is 1. The lowest BCUT2D eigenvalue weighted by Crippen LogP contribution is -2.50. The zero-order valence-electron chi connectivity index (χ0n) is 18.2. The molecule has 5 nitrogen and oxygen atoms in total. The number of carbonyl (C=O) groups excluding carboxylic acids is 1. The van der Waals surface area contributed by atoms with Gasteiger partial charge in [0, 0.05) is 26.2 Å². The summed E-state index contributed by atoms with van der Waals surface area (Å²) in [7, 11) is 0. The predicted octanol–water partition coefficient (Wildman–Crippen LogP) is 4.24. The van der Waals surface area contributed by atoms with Crippen LogP contribution in [0.5, 0.6) is 0 Å². The molecule has 164 valence electrons. The van der Waals surface area contributed by atoms with Gasteiger partial charge in [-0.1, -0.05) is 18.2 Å². The van der Waals surface area contributed by atoms with E-state index in [2.05, 4.69) is 16.0 Å². The van der Waals surface area contributed by atoms with Gasteiger partial charge in [-0.25, -0.2) is 0 Å². The van der Waals surface area contributed by atoms with Crippen molar-refractivity contribution in [3.8, 4) is 6.07 Å². The number of hydrogen-bond donors (Lipinski definition) is 1. The first-order chi connectivity index (χ1) is 14.6. The average Bonchev–Trinajstić information content (AvgIpc) is 3.19. The lowest BCUT2D eigenvalue weighted by Gasteiger charge is -2.37. The first-order valence-electron chi connectivity index (χ1n) is 10.4. The smallest absolute Gasteiger partial charge is 0.297 e. The number of benzene rings is 1. The maximum Gasteiger partial charge on any atom is 0.322 e. The van der Waals surface area contributed by atoms with Crippen LogP contribution in [0.4, 0.5) is 8.78 Å². The highest BCUT2D eigenvalue weighted by molar-refractivity contribution is 5.83. The van der Waals surface area contributed by atoms with Gasteiger partial charge in [0.25, 0.3) is 0 Å². The maximum absolute atomic E-state index is 13.7. The fourth-order valence-corrected chi connectivity index (χ4v) is 4.20. The number of aromatic nitrogens is 1. The number of likely N-dealkylation sites (tertiary alicyclic amines) is 1. The maximum atomic E-state index is 13.7. The third kappa shape index (κ3) is 5.26. The average molecular weight is 427 g/mol. The number of alkyl halides is 2. The quantitative estimate of drug-likeness (QED) is 0.673. The van der Waals surface area contributed by atoms with Gasteiger partial charge < -0.3 is 0 Å². The van der Waals surface area contributed by atoms with Crippen molar-refractivity contribution in [3.05, 3.63) is 65.5 Å². The van der Waals surface area contributed by atoms with Crippen LogP contribution in [-0.4, -0.2) is 34.9 Å². The van der Waals surface area contributed by atoms with Crippen molar-refractivity contribution >= 4 is 5.91 Å². The molecule has 31 heavy (non-hydrogen) atoms. The molecule has 1 atom stereocenters. The molecule has 2 heterocycles. The Kier molecular flexibility index (Phi) is 6.42. The van der Waals surface area contributed by atoms with Crippen molar-refractivity contribution in [3.63, 3.8) is 0 Å². The van der Waals surface area contributed by atoms with E-state index in [9.17, 15) is 13.6 Å². The molecule has 0 spiro atoms. The topological polar surface area (TPSA) is 69.0 Å². The minimum atomic E-state index is -3.28. The number of halogens is 2. The zero-order chi connectivity index (χ0) is 22.7. The molecule has 0 bridgehead atoms. The fraction of sp³-hybridized carbons (Fsp3) is 0.458. The third-order valence-corrected chi connectivity index (χ3v) is 6.23. The summed E-state index contributed by atoms with van der Waals surface area (Å²) in [5.41, 5.74) is 1.04. The second kappa shape index (κ2) is 8.72. The van der Waals surface area contributed by atoms with Gasteiger partial charge in [-0.3, -0.25) is 20.0 Å². The minimum absolute atomic E-state index is 0.370. The Hall–Kier alpha value is -2.85. The number of carbonyl (C=O) groups is 1. The number of nitriles is 1. The van der Waals surface area contributed by atoms with Gasteiger partial charge in [-0.2, -0.15) is 14.0 Å². The molecule has 0 radical (unpaired) electrons. The fourth-order valence-electron chi connectivity index (χ4n) is 4.20. The van der Waals surface area contributed by atoms with E-state index in [-0.39, 0.29) is 0 Å². The Labute approximate surface area is 182 Å². The Bertz CT molecular complexity index is 948. The van der Waals surface area contributed by atoms with Crippen molar-refractivity contribution in [2.75, 3.05) is 13.1 Å². The molecule has 2 aromatic rings. The largest absolute Gasteiger partial charge is 0.322 e. The Morgan fingerprint density at radius 1 is 1.23 bits per heavy atom. The van der Waals surface area contributed by atoms with Crippen molar-refractivity contribution in [2.45, 2.75) is 51.6 Å². The Morgan fingerprint density at radius 2 is 1.94 bits per heavy atom. The van der Waals surface area contributed by atoms with Gasteiger partial charge >= 0.3 is 6.05 Å². The normalized spacial score (nSPS) is 19.7. The molecular formula is C24H28F2N4O. The van der Waals surface area contributed by atoms with Gasteiger partial charge in [0.05, 0.1) is 28.3 Å². The van der Waals surface area contributed by atoms with E-state index in [1.165, 1.54) is 0 Å². The molecule has 1 aliphatic heterocycles. The molecule has 0 aliphatic carbocycles. The first kappa shape index (κ1) is 22.8. The van der Waals surface area contributed by atoms with Crippen LogP contribution < -0.4 is 5.32 Å². The SMILES string of the molecule is CC(F)(F)NC(=O)[C@]1(CCc2ccc(C#N)cc2)CCN(C(C)(C)c2ccccn2)C1. The summed E-state index contributed by atoms with van der Waals surface area (Å²) in [5, 5.41) is 10.9. The number of pyridine rings is 1. The summed E-state index contributed by atoms with van der Waals surface area (Å²) in [4.78, 5) is 19.7. The second-order valence-electron chi connectivity index (χ2n) is 8.88. The lowest BCUT2D eigenvalue weighted by molar-refractivity contribution is -0.141. The van der Waals surface area contributed by atoms with E-state index in [0.717, 1.165) is 11.3 Å². The lowest BCUT2D eigenvalue weighted by atomic mass is 9.80. The minimum Gasteiger partial charge on any atom is -0.297 e. The van der Waals surface area contributed by atoms with E-state index in [1.54, 1.807) is 18.3 Å². The zero-order valence-corrected chi connectivity index (χ0v) is 18.2. The van der Waals surface area contributed by atoms with Gasteiger partial charge in [0.2, 0.25) is 5.91 Å². The number of nitrogens with zero attached hydrogens (tertiary/aromatic N) is 3. The van der Waals surface area contributed by atoms with Crippen LogP contribution in [0.15, 0.2) is 48.7 Å². The third-order valence-electron chi connectivity index (χ3n) is 6.23. The number of hydrogen-bond acceptors (Lipinski definition) is 4. The van der Waals surface area contributed by atoms with Crippen LogP contribution in [0.1, 0.15) is 50.4 Å². The van der Waals surface area contributed by atoms with Crippen molar-refractivity contribution in [1.82, 2.24) is 15.2 Å². The summed E-state index contributed by atoms with van der Waals surface area (Å²) in [6, 6.07) is 11.7. The van der Waals surface area contributed by atoms with Gasteiger partial charge in [-0.05, 0) is 62.9 Å². The van der Waals surface area contributed by atoms with Crippen molar-refractivity contribution < 1.29 is 13.6 Å². The highest BCUT2D eigenvalue weighted by Crippen LogP contribution is 2.41. The predicted molar refractivity (Wildman–Crippen MR) is 114 cm³/mol. The summed E-state index contributed by atoms with van der Waals surface area (Å²) in [6.07, 6.45) is 3.22. The van der Waals surface area contributed by atoms with Gasteiger partial charge in [0.1, 0.15) is 0 Å². The summed E-state index contributed by atoms with van der Waals surface area (Å²) < 4.78 is 27.3. The van der Waals surface area contributed by atoms with Gasteiger partial charge in [0.15, 0.2) is 0 Å². The molecule has 7 heteroatoms. The summed E-state index contributed by atoms with van der Waals surface area (Å²) in [6.45, 7) is 5.76. The van der Waals surface area contributed by atoms with Crippen molar-refractivity contribution in [1.29, 1.82) is 5.26 Å². The van der Waals surface area contributed by atoms with Crippen LogP contribution in [0.2, 0.25) is 0 Å². The van der Waals surface area contributed by atoms with Crippen LogP contribution >= 0.6 is 0 Å². The Morgan fingerprint density at radius 3 is 2.52 bits per heavy atom. The van der Waals surface area contributed by atoms with Crippen LogP contribution in [0.3, 0.4) is 0 Å². The molecule has 3 rings (SSSR count). The number of aryl methyl sites for hydroxylation is 1. The molecule has 1 aromatic carbocycles. The molecule has 1 aromatic heterocycles. The summed E-state index contributed by atoms with van der Waals surface area (Å²) in [5.74, 6) is -0.618. The number of rotatable bonds is 7. The van der Waals surface area contributed by atoms with E-state index in [4.69, 9.17) is 5.26 Å².